The molecule has 122 valence electrons. The van der Waals surface area contributed by atoms with Gasteiger partial charge in [0.15, 0.2) is 0 Å². The van der Waals surface area contributed by atoms with Gasteiger partial charge in [0.1, 0.15) is 11.6 Å². The second-order valence-corrected chi connectivity index (χ2v) is 5.96. The van der Waals surface area contributed by atoms with E-state index in [1.807, 2.05) is 43.5 Å². The second kappa shape index (κ2) is 7.31. The molecule has 1 N–H and O–H groups in total. The summed E-state index contributed by atoms with van der Waals surface area (Å²) in [5.41, 5.74) is 0.888. The van der Waals surface area contributed by atoms with Crippen molar-refractivity contribution in [3.05, 3.63) is 36.5 Å². The Morgan fingerprint density at radius 1 is 1.22 bits per heavy atom. The minimum Gasteiger partial charge on any atom is -0.492 e. The van der Waals surface area contributed by atoms with Crippen LogP contribution < -0.4 is 15.0 Å². The highest BCUT2D eigenvalue weighted by Crippen LogP contribution is 2.27. The van der Waals surface area contributed by atoms with E-state index in [9.17, 15) is 0 Å². The van der Waals surface area contributed by atoms with E-state index in [4.69, 9.17) is 4.74 Å². The fourth-order valence-corrected chi connectivity index (χ4v) is 2.79. The maximum Gasteiger partial charge on any atom is 0.229 e. The predicted octanol–water partition coefficient (Wildman–Crippen LogP) is 3.86. The minimum atomic E-state index is 0.605. The van der Waals surface area contributed by atoms with Gasteiger partial charge < -0.3 is 15.0 Å². The first kappa shape index (κ1) is 15.6. The van der Waals surface area contributed by atoms with Gasteiger partial charge >= 0.3 is 0 Å². The Morgan fingerprint density at radius 3 is 2.78 bits per heavy atom. The molecule has 3 rings (SSSR count). The van der Waals surface area contributed by atoms with Crippen LogP contribution >= 0.6 is 0 Å². The molecule has 0 atom stereocenters. The summed E-state index contributed by atoms with van der Waals surface area (Å²) in [6.45, 7) is 7.05. The average molecular weight is 312 g/mol. The molecule has 1 aromatic carbocycles. The van der Waals surface area contributed by atoms with E-state index in [2.05, 4.69) is 27.1 Å². The normalized spacial score (nSPS) is 15.5. The molecular weight excluding hydrogens is 288 g/mol. The van der Waals surface area contributed by atoms with E-state index >= 15 is 0 Å². The summed E-state index contributed by atoms with van der Waals surface area (Å²) in [6, 6.07) is 9.84. The summed E-state index contributed by atoms with van der Waals surface area (Å²) < 4.78 is 5.64. The molecule has 1 saturated heterocycles. The molecule has 1 fully saturated rings. The molecule has 2 heterocycles. The first-order valence-corrected chi connectivity index (χ1v) is 8.33. The van der Waals surface area contributed by atoms with Crippen LogP contribution in [0.5, 0.6) is 5.75 Å². The van der Waals surface area contributed by atoms with Gasteiger partial charge in [0.05, 0.1) is 12.3 Å². The third-order valence-electron chi connectivity index (χ3n) is 4.18. The van der Waals surface area contributed by atoms with Crippen LogP contribution in [0.3, 0.4) is 0 Å². The smallest absolute Gasteiger partial charge is 0.229 e. The molecule has 0 unspecified atom stereocenters. The molecule has 0 bridgehead atoms. The summed E-state index contributed by atoms with van der Waals surface area (Å²) >= 11 is 0. The zero-order valence-electron chi connectivity index (χ0n) is 13.8. The van der Waals surface area contributed by atoms with Crippen molar-refractivity contribution >= 4 is 17.5 Å². The Hall–Kier alpha value is -2.30. The first-order chi connectivity index (χ1) is 11.3. The number of rotatable bonds is 5. The van der Waals surface area contributed by atoms with Gasteiger partial charge in [0.2, 0.25) is 5.95 Å². The van der Waals surface area contributed by atoms with Crippen LogP contribution in [0.15, 0.2) is 36.5 Å². The Kier molecular flexibility index (Phi) is 4.95. The molecular formula is C18H24N4O. The predicted molar refractivity (Wildman–Crippen MR) is 93.5 cm³/mol. The lowest BCUT2D eigenvalue weighted by molar-refractivity contribution is 0.342. The van der Waals surface area contributed by atoms with Crippen molar-refractivity contribution in [2.75, 3.05) is 29.9 Å². The lowest BCUT2D eigenvalue weighted by Crippen LogP contribution is -2.33. The van der Waals surface area contributed by atoms with Crippen molar-refractivity contribution in [2.24, 2.45) is 5.92 Å². The standard InChI is InChI=1S/C18H24N4O/c1-3-23-16-7-5-4-6-15(16)20-18-19-11-8-17(21-18)22-12-9-14(2)10-13-22/h4-8,11,14H,3,9-10,12-13H2,1-2H3,(H,19,20,21). The topological polar surface area (TPSA) is 50.3 Å². The SMILES string of the molecule is CCOc1ccccc1Nc1nccc(N2CCC(C)CC2)n1. The van der Waals surface area contributed by atoms with Crippen molar-refractivity contribution in [1.29, 1.82) is 0 Å². The number of hydrogen-bond donors (Lipinski definition) is 1. The highest BCUT2D eigenvalue weighted by atomic mass is 16.5. The highest BCUT2D eigenvalue weighted by molar-refractivity contribution is 5.63. The zero-order chi connectivity index (χ0) is 16.1. The van der Waals surface area contributed by atoms with Gasteiger partial charge in [0, 0.05) is 19.3 Å². The number of piperidine rings is 1. The molecule has 0 radical (unpaired) electrons. The fourth-order valence-electron chi connectivity index (χ4n) is 2.79. The van der Waals surface area contributed by atoms with Crippen molar-refractivity contribution in [2.45, 2.75) is 26.7 Å². The van der Waals surface area contributed by atoms with Crippen LogP contribution in [0.1, 0.15) is 26.7 Å². The van der Waals surface area contributed by atoms with Crippen molar-refractivity contribution in [3.8, 4) is 5.75 Å². The number of hydrogen-bond acceptors (Lipinski definition) is 5. The van der Waals surface area contributed by atoms with E-state index in [-0.39, 0.29) is 0 Å². The number of nitrogens with one attached hydrogen (secondary N) is 1. The lowest BCUT2D eigenvalue weighted by Gasteiger charge is -2.31. The van der Waals surface area contributed by atoms with Crippen LogP contribution in [-0.2, 0) is 0 Å². The third-order valence-corrected chi connectivity index (χ3v) is 4.18. The van der Waals surface area contributed by atoms with Crippen molar-refractivity contribution in [1.82, 2.24) is 9.97 Å². The molecule has 1 aliphatic rings. The quantitative estimate of drug-likeness (QED) is 0.908. The third kappa shape index (κ3) is 3.92. The summed E-state index contributed by atoms with van der Waals surface area (Å²) in [7, 11) is 0. The molecule has 1 aliphatic heterocycles. The summed E-state index contributed by atoms with van der Waals surface area (Å²) in [5, 5.41) is 3.27. The molecule has 0 spiro atoms. The van der Waals surface area contributed by atoms with Gasteiger partial charge in [-0.2, -0.15) is 4.98 Å². The van der Waals surface area contributed by atoms with E-state index in [0.717, 1.165) is 36.3 Å². The van der Waals surface area contributed by atoms with Crippen LogP contribution in [0.25, 0.3) is 0 Å². The van der Waals surface area contributed by atoms with Crippen molar-refractivity contribution in [3.63, 3.8) is 0 Å². The van der Waals surface area contributed by atoms with Gasteiger partial charge in [-0.15, -0.1) is 0 Å². The Morgan fingerprint density at radius 2 is 2.00 bits per heavy atom. The van der Waals surface area contributed by atoms with Crippen LogP contribution in [0, 0.1) is 5.92 Å². The highest BCUT2D eigenvalue weighted by Gasteiger charge is 2.17. The molecule has 0 amide bonds. The molecule has 5 nitrogen and oxygen atoms in total. The number of para-hydroxylation sites is 2. The zero-order valence-corrected chi connectivity index (χ0v) is 13.8. The number of benzene rings is 1. The summed E-state index contributed by atoms with van der Waals surface area (Å²) in [5.74, 6) is 3.22. The minimum absolute atomic E-state index is 0.605. The van der Waals surface area contributed by atoms with Crippen molar-refractivity contribution < 1.29 is 4.74 Å². The van der Waals surface area contributed by atoms with E-state index in [0.29, 0.717) is 12.6 Å². The Balaban J connectivity index is 1.75. The van der Waals surface area contributed by atoms with E-state index in [1.54, 1.807) is 0 Å². The average Bonchev–Trinajstić information content (AvgIpc) is 2.58. The molecule has 23 heavy (non-hydrogen) atoms. The Bertz CT molecular complexity index is 638. The molecule has 1 aromatic heterocycles. The summed E-state index contributed by atoms with van der Waals surface area (Å²) in [6.07, 6.45) is 4.26. The van der Waals surface area contributed by atoms with E-state index in [1.165, 1.54) is 12.8 Å². The molecule has 5 heteroatoms. The fraction of sp³-hybridized carbons (Fsp3) is 0.444. The first-order valence-electron chi connectivity index (χ1n) is 8.33. The maximum atomic E-state index is 5.64. The van der Waals surface area contributed by atoms with Gasteiger partial charge in [-0.25, -0.2) is 4.98 Å². The number of ether oxygens (including phenoxy) is 1. The van der Waals surface area contributed by atoms with Crippen LogP contribution in [-0.4, -0.2) is 29.7 Å². The second-order valence-electron chi connectivity index (χ2n) is 5.96. The Labute approximate surface area is 137 Å². The maximum absolute atomic E-state index is 5.64. The van der Waals surface area contributed by atoms with Crippen LogP contribution in [0.2, 0.25) is 0 Å². The van der Waals surface area contributed by atoms with Gasteiger partial charge in [-0.1, -0.05) is 19.1 Å². The summed E-state index contributed by atoms with van der Waals surface area (Å²) in [4.78, 5) is 11.3. The molecule has 2 aromatic rings. The van der Waals surface area contributed by atoms with E-state index < -0.39 is 0 Å². The number of aromatic nitrogens is 2. The largest absolute Gasteiger partial charge is 0.492 e. The van der Waals surface area contributed by atoms with Gasteiger partial charge in [0.25, 0.3) is 0 Å². The van der Waals surface area contributed by atoms with Crippen LogP contribution in [0.4, 0.5) is 17.5 Å². The van der Waals surface area contributed by atoms with Gasteiger partial charge in [-0.05, 0) is 43.9 Å². The lowest BCUT2D eigenvalue weighted by atomic mass is 9.99. The monoisotopic (exact) mass is 312 g/mol. The molecule has 0 saturated carbocycles. The number of nitrogens with zero attached hydrogens (tertiary/aromatic N) is 3. The van der Waals surface area contributed by atoms with Gasteiger partial charge in [-0.3, -0.25) is 0 Å². The number of anilines is 3. The molecule has 0 aliphatic carbocycles.